The first-order valence-electron chi connectivity index (χ1n) is 8.11. The molecule has 128 valence electrons. The normalized spacial score (nSPS) is 11.0. The number of benzene rings is 1. The van der Waals surface area contributed by atoms with Crippen molar-refractivity contribution in [2.45, 2.75) is 12.8 Å². The summed E-state index contributed by atoms with van der Waals surface area (Å²) < 4.78 is 6.85. The number of hydrogen-bond donors (Lipinski definition) is 2. The summed E-state index contributed by atoms with van der Waals surface area (Å²) in [6, 6.07) is 15.2. The van der Waals surface area contributed by atoms with E-state index in [1.165, 1.54) is 6.08 Å². The topological polar surface area (TPSA) is 86.1 Å². The Kier molecular flexibility index (Phi) is 5.31. The van der Waals surface area contributed by atoms with Crippen molar-refractivity contribution >= 4 is 17.8 Å². The van der Waals surface area contributed by atoms with Gasteiger partial charge in [-0.1, -0.05) is 18.2 Å². The van der Waals surface area contributed by atoms with E-state index in [0.29, 0.717) is 18.1 Å². The molecular weight excluding hydrogens is 316 g/mol. The number of aryl methyl sites for hydroxylation is 1. The Morgan fingerprint density at radius 3 is 2.84 bits per heavy atom. The number of para-hydroxylation sites is 1. The number of carbonyl (C=O) groups is 1. The second-order valence-corrected chi connectivity index (χ2v) is 5.55. The number of nitrogens with two attached hydrogens (primary N) is 1. The largest absolute Gasteiger partial charge is 0.465 e. The lowest BCUT2D eigenvalue weighted by atomic mass is 10.2. The molecule has 1 aromatic carbocycles. The molecule has 0 unspecified atom stereocenters. The third kappa shape index (κ3) is 4.60. The number of hydrogen-bond acceptors (Lipinski definition) is 4. The number of aromatic nitrogens is 2. The summed E-state index contributed by atoms with van der Waals surface area (Å²) in [4.78, 5) is 11.7. The van der Waals surface area contributed by atoms with Crippen molar-refractivity contribution in [3.05, 3.63) is 72.3 Å². The molecule has 0 radical (unpaired) electrons. The minimum Gasteiger partial charge on any atom is -0.465 e. The van der Waals surface area contributed by atoms with E-state index in [1.54, 1.807) is 29.2 Å². The molecule has 3 rings (SSSR count). The van der Waals surface area contributed by atoms with Crippen LogP contribution >= 0.6 is 0 Å². The summed E-state index contributed by atoms with van der Waals surface area (Å²) in [5.41, 5.74) is 7.86. The van der Waals surface area contributed by atoms with Gasteiger partial charge in [-0.3, -0.25) is 4.79 Å². The maximum atomic E-state index is 11.7. The van der Waals surface area contributed by atoms with Gasteiger partial charge in [0.05, 0.1) is 17.6 Å². The lowest BCUT2D eigenvalue weighted by Gasteiger charge is -2.03. The highest BCUT2D eigenvalue weighted by atomic mass is 16.3. The zero-order valence-corrected chi connectivity index (χ0v) is 13.8. The average molecular weight is 336 g/mol. The molecule has 0 fully saturated rings. The molecule has 6 heteroatoms. The highest BCUT2D eigenvalue weighted by Crippen LogP contribution is 2.14. The van der Waals surface area contributed by atoms with E-state index in [0.717, 1.165) is 24.2 Å². The fourth-order valence-electron chi connectivity index (χ4n) is 2.43. The standard InChI is InChI=1S/C19H20N4O2/c20-18-14-15(22-23(18)16-7-2-1-3-8-16)6-4-12-21-19(24)11-10-17-9-5-13-25-17/h1-3,5,7-11,13-14H,4,6,12,20H2,(H,21,24). The van der Waals surface area contributed by atoms with Crippen LogP contribution < -0.4 is 11.1 Å². The van der Waals surface area contributed by atoms with Gasteiger partial charge >= 0.3 is 0 Å². The molecule has 2 aromatic heterocycles. The predicted octanol–water partition coefficient (Wildman–Crippen LogP) is 2.81. The molecule has 0 aliphatic rings. The number of nitrogens with zero attached hydrogens (tertiary/aromatic N) is 2. The molecule has 1 amide bonds. The summed E-state index contributed by atoms with van der Waals surface area (Å²) in [5.74, 6) is 1.11. The summed E-state index contributed by atoms with van der Waals surface area (Å²) >= 11 is 0. The predicted molar refractivity (Wildman–Crippen MR) is 97.0 cm³/mol. The Morgan fingerprint density at radius 1 is 1.24 bits per heavy atom. The van der Waals surface area contributed by atoms with E-state index < -0.39 is 0 Å². The van der Waals surface area contributed by atoms with Crippen molar-refractivity contribution < 1.29 is 9.21 Å². The highest BCUT2D eigenvalue weighted by molar-refractivity contribution is 5.91. The molecule has 0 saturated carbocycles. The van der Waals surface area contributed by atoms with Crippen LogP contribution in [-0.4, -0.2) is 22.2 Å². The molecular formula is C19H20N4O2. The Bertz CT molecular complexity index is 836. The third-order valence-electron chi connectivity index (χ3n) is 3.64. The first-order valence-corrected chi connectivity index (χ1v) is 8.11. The van der Waals surface area contributed by atoms with Crippen molar-refractivity contribution in [2.24, 2.45) is 0 Å². The third-order valence-corrected chi connectivity index (χ3v) is 3.64. The zero-order chi connectivity index (χ0) is 17.5. The summed E-state index contributed by atoms with van der Waals surface area (Å²) in [5, 5.41) is 7.35. The Balaban J connectivity index is 1.46. The van der Waals surface area contributed by atoms with Crippen molar-refractivity contribution in [2.75, 3.05) is 12.3 Å². The lowest BCUT2D eigenvalue weighted by molar-refractivity contribution is -0.116. The van der Waals surface area contributed by atoms with Crippen LogP contribution in [0.1, 0.15) is 17.9 Å². The molecule has 3 aromatic rings. The highest BCUT2D eigenvalue weighted by Gasteiger charge is 2.06. The minimum absolute atomic E-state index is 0.147. The van der Waals surface area contributed by atoms with Gasteiger partial charge in [0.1, 0.15) is 11.6 Å². The van der Waals surface area contributed by atoms with E-state index in [1.807, 2.05) is 36.4 Å². The molecule has 6 nitrogen and oxygen atoms in total. The lowest BCUT2D eigenvalue weighted by Crippen LogP contribution is -2.22. The SMILES string of the molecule is Nc1cc(CCCNC(=O)C=Cc2ccco2)nn1-c1ccccc1. The van der Waals surface area contributed by atoms with Gasteiger partial charge in [0.2, 0.25) is 5.91 Å². The van der Waals surface area contributed by atoms with Gasteiger partial charge in [-0.05, 0) is 43.2 Å². The fourth-order valence-corrected chi connectivity index (χ4v) is 2.43. The first kappa shape index (κ1) is 16.6. The average Bonchev–Trinajstić information content (AvgIpc) is 3.27. The second kappa shape index (κ2) is 8.01. The molecule has 3 N–H and O–H groups in total. The first-order chi connectivity index (χ1) is 12.2. The fraction of sp³-hybridized carbons (Fsp3) is 0.158. The van der Waals surface area contributed by atoms with Gasteiger partial charge in [0.25, 0.3) is 0 Å². The van der Waals surface area contributed by atoms with Crippen LogP contribution in [0.25, 0.3) is 11.8 Å². The van der Waals surface area contributed by atoms with Gasteiger partial charge in [-0.15, -0.1) is 0 Å². The molecule has 0 bridgehead atoms. The minimum atomic E-state index is -0.147. The van der Waals surface area contributed by atoms with Gasteiger partial charge in [0, 0.05) is 18.7 Å². The van der Waals surface area contributed by atoms with Crippen LogP contribution in [0.3, 0.4) is 0 Å². The Morgan fingerprint density at radius 2 is 2.08 bits per heavy atom. The smallest absolute Gasteiger partial charge is 0.244 e. The van der Waals surface area contributed by atoms with Gasteiger partial charge in [-0.2, -0.15) is 5.10 Å². The Hall–Kier alpha value is -3.28. The number of anilines is 1. The maximum Gasteiger partial charge on any atom is 0.244 e. The number of amides is 1. The van der Waals surface area contributed by atoms with E-state index >= 15 is 0 Å². The van der Waals surface area contributed by atoms with Gasteiger partial charge in [-0.25, -0.2) is 4.68 Å². The van der Waals surface area contributed by atoms with Crippen LogP contribution in [0.4, 0.5) is 5.82 Å². The summed E-state index contributed by atoms with van der Waals surface area (Å²) in [6.07, 6.45) is 6.19. The quantitative estimate of drug-likeness (QED) is 0.513. The van der Waals surface area contributed by atoms with Crippen LogP contribution in [0.2, 0.25) is 0 Å². The van der Waals surface area contributed by atoms with Crippen LogP contribution in [-0.2, 0) is 11.2 Å². The zero-order valence-electron chi connectivity index (χ0n) is 13.8. The molecule has 2 heterocycles. The molecule has 0 spiro atoms. The number of rotatable bonds is 7. The number of nitrogens with one attached hydrogen (secondary N) is 1. The van der Waals surface area contributed by atoms with Crippen LogP contribution in [0, 0.1) is 0 Å². The molecule has 25 heavy (non-hydrogen) atoms. The van der Waals surface area contributed by atoms with Crippen molar-refractivity contribution in [1.82, 2.24) is 15.1 Å². The molecule has 0 saturated heterocycles. The summed E-state index contributed by atoms with van der Waals surface area (Å²) in [6.45, 7) is 0.569. The van der Waals surface area contributed by atoms with Gasteiger partial charge < -0.3 is 15.5 Å². The van der Waals surface area contributed by atoms with Crippen molar-refractivity contribution in [3.8, 4) is 5.69 Å². The monoisotopic (exact) mass is 336 g/mol. The van der Waals surface area contributed by atoms with Crippen LogP contribution in [0.15, 0.2) is 65.3 Å². The molecule has 0 aliphatic carbocycles. The van der Waals surface area contributed by atoms with E-state index in [-0.39, 0.29) is 5.91 Å². The number of carbonyl (C=O) groups excluding carboxylic acids is 1. The van der Waals surface area contributed by atoms with E-state index in [4.69, 9.17) is 10.2 Å². The number of nitrogen functional groups attached to an aromatic ring is 1. The summed E-state index contributed by atoms with van der Waals surface area (Å²) in [7, 11) is 0. The Labute approximate surface area is 145 Å². The number of furan rings is 1. The molecule has 0 atom stereocenters. The van der Waals surface area contributed by atoms with Crippen molar-refractivity contribution in [1.29, 1.82) is 0 Å². The van der Waals surface area contributed by atoms with Crippen LogP contribution in [0.5, 0.6) is 0 Å². The van der Waals surface area contributed by atoms with E-state index in [2.05, 4.69) is 10.4 Å². The molecule has 0 aliphatic heterocycles. The second-order valence-electron chi connectivity index (χ2n) is 5.55. The van der Waals surface area contributed by atoms with Gasteiger partial charge in [0.15, 0.2) is 0 Å². The maximum absolute atomic E-state index is 11.7. The van der Waals surface area contributed by atoms with E-state index in [9.17, 15) is 4.79 Å². The van der Waals surface area contributed by atoms with Crippen molar-refractivity contribution in [3.63, 3.8) is 0 Å².